The highest BCUT2D eigenvalue weighted by Crippen LogP contribution is 2.45. The lowest BCUT2D eigenvalue weighted by Gasteiger charge is -2.60. The molecule has 4 heterocycles. The number of fused-ring (bicyclic) bond motifs is 6. The molecule has 0 aromatic carbocycles. The van der Waals surface area contributed by atoms with Crippen LogP contribution in [0.4, 0.5) is 0 Å². The molecule has 4 saturated heterocycles. The van der Waals surface area contributed by atoms with Gasteiger partial charge in [0, 0.05) is 24.4 Å². The highest BCUT2D eigenvalue weighted by molar-refractivity contribution is 4.96. The van der Waals surface area contributed by atoms with Crippen LogP contribution in [0.2, 0.25) is 0 Å². The lowest BCUT2D eigenvalue weighted by Crippen LogP contribution is -2.70. The SMILES string of the molecule is C[N+]12CCCC[C@H]1[C@H]1C[C@@H](C2)[C@H]2CCCCN2C1. The van der Waals surface area contributed by atoms with Crippen molar-refractivity contribution < 1.29 is 4.48 Å². The molecule has 0 saturated carbocycles. The normalized spacial score (nSPS) is 52.5. The number of nitrogens with zero attached hydrogens (tertiary/aromatic N) is 2. The minimum atomic E-state index is 0.966. The topological polar surface area (TPSA) is 3.24 Å². The van der Waals surface area contributed by atoms with E-state index in [1.165, 1.54) is 69.2 Å². The van der Waals surface area contributed by atoms with E-state index in [1.54, 1.807) is 6.42 Å². The smallest absolute Gasteiger partial charge is 0.0929 e. The Morgan fingerprint density at radius 1 is 1.00 bits per heavy atom. The van der Waals surface area contributed by atoms with Gasteiger partial charge in [-0.1, -0.05) is 6.42 Å². The molecule has 0 aromatic rings. The van der Waals surface area contributed by atoms with Gasteiger partial charge in [0.2, 0.25) is 0 Å². The molecule has 4 aliphatic heterocycles. The molecule has 0 N–H and O–H groups in total. The Bertz CT molecular complexity index is 329. The van der Waals surface area contributed by atoms with Gasteiger partial charge >= 0.3 is 0 Å². The number of quaternary nitrogens is 1. The molecule has 0 aromatic heterocycles. The van der Waals surface area contributed by atoms with Crippen molar-refractivity contribution in [3.8, 4) is 0 Å². The standard InChI is InChI=1S/C16H29N2/c1-18-9-5-3-7-16(18)13-10-14(12-18)15-6-2-4-8-17(15)11-13/h13-16H,2-12H2,1H3/q+1/t13-,14-,15+,16-,18?/m0/s1. The van der Waals surface area contributed by atoms with Crippen molar-refractivity contribution in [1.82, 2.24) is 4.90 Å². The lowest BCUT2D eigenvalue weighted by molar-refractivity contribution is -0.951. The molecule has 0 spiro atoms. The fourth-order valence-corrected chi connectivity index (χ4v) is 5.99. The van der Waals surface area contributed by atoms with Gasteiger partial charge in [-0.3, -0.25) is 4.90 Å². The van der Waals surface area contributed by atoms with E-state index < -0.39 is 0 Å². The molecule has 18 heavy (non-hydrogen) atoms. The Labute approximate surface area is 112 Å². The zero-order chi connectivity index (χ0) is 12.2. The fraction of sp³-hybridized carbons (Fsp3) is 1.00. The predicted octanol–water partition coefficient (Wildman–Crippen LogP) is 2.49. The molecule has 0 aliphatic carbocycles. The molecule has 0 amide bonds. The van der Waals surface area contributed by atoms with E-state index in [1.807, 2.05) is 0 Å². The first-order valence-electron chi connectivity index (χ1n) is 8.34. The first-order valence-corrected chi connectivity index (χ1v) is 8.34. The molecule has 5 atom stereocenters. The molecule has 1 unspecified atom stereocenters. The van der Waals surface area contributed by atoms with Gasteiger partial charge in [-0.2, -0.15) is 0 Å². The maximum Gasteiger partial charge on any atom is 0.0929 e. The first kappa shape index (κ1) is 11.7. The third-order valence-corrected chi connectivity index (χ3v) is 6.70. The maximum atomic E-state index is 2.89. The monoisotopic (exact) mass is 249 g/mol. The van der Waals surface area contributed by atoms with Gasteiger partial charge in [-0.25, -0.2) is 0 Å². The second kappa shape index (κ2) is 4.21. The summed E-state index contributed by atoms with van der Waals surface area (Å²) in [7, 11) is 2.58. The Kier molecular flexibility index (Phi) is 2.74. The summed E-state index contributed by atoms with van der Waals surface area (Å²) >= 11 is 0. The molecule has 4 fully saturated rings. The first-order chi connectivity index (χ1) is 8.76. The molecular weight excluding hydrogens is 220 g/mol. The van der Waals surface area contributed by atoms with Crippen LogP contribution in [-0.2, 0) is 0 Å². The summed E-state index contributed by atoms with van der Waals surface area (Å²) in [5.74, 6) is 2.06. The van der Waals surface area contributed by atoms with E-state index >= 15 is 0 Å². The van der Waals surface area contributed by atoms with E-state index in [4.69, 9.17) is 0 Å². The minimum absolute atomic E-state index is 0.966. The third-order valence-electron chi connectivity index (χ3n) is 6.70. The summed E-state index contributed by atoms with van der Waals surface area (Å²) in [4.78, 5) is 2.89. The zero-order valence-electron chi connectivity index (χ0n) is 12.0. The van der Waals surface area contributed by atoms with Gasteiger partial charge in [0.05, 0.1) is 26.2 Å². The van der Waals surface area contributed by atoms with E-state index in [0.29, 0.717) is 0 Å². The quantitative estimate of drug-likeness (QED) is 0.596. The summed E-state index contributed by atoms with van der Waals surface area (Å²) < 4.78 is 1.44. The Balaban J connectivity index is 1.61. The summed E-state index contributed by atoms with van der Waals surface area (Å²) in [6, 6.07) is 1.98. The summed E-state index contributed by atoms with van der Waals surface area (Å²) in [6.45, 7) is 5.83. The minimum Gasteiger partial charge on any atom is -0.323 e. The zero-order valence-corrected chi connectivity index (χ0v) is 12.0. The molecular formula is C16H29N2+. The van der Waals surface area contributed by atoms with Crippen LogP contribution < -0.4 is 0 Å². The Hall–Kier alpha value is -0.0800. The second-order valence-corrected chi connectivity index (χ2v) is 7.76. The number of piperidine rings is 4. The van der Waals surface area contributed by atoms with Gasteiger partial charge in [-0.05, 0) is 45.1 Å². The van der Waals surface area contributed by atoms with Crippen molar-refractivity contribution in [2.45, 2.75) is 57.0 Å². The van der Waals surface area contributed by atoms with Gasteiger partial charge in [0.1, 0.15) is 0 Å². The molecule has 0 radical (unpaired) electrons. The highest BCUT2D eigenvalue weighted by Gasteiger charge is 2.53. The van der Waals surface area contributed by atoms with Gasteiger partial charge < -0.3 is 4.48 Å². The Morgan fingerprint density at radius 2 is 1.89 bits per heavy atom. The molecule has 102 valence electrons. The Morgan fingerprint density at radius 3 is 2.83 bits per heavy atom. The van der Waals surface area contributed by atoms with Crippen molar-refractivity contribution in [2.24, 2.45) is 11.8 Å². The van der Waals surface area contributed by atoms with Gasteiger partial charge in [0.25, 0.3) is 0 Å². The number of rotatable bonds is 0. The van der Waals surface area contributed by atoms with E-state index in [9.17, 15) is 0 Å². The van der Waals surface area contributed by atoms with Crippen LogP contribution >= 0.6 is 0 Å². The number of hydrogen-bond acceptors (Lipinski definition) is 1. The number of hydrogen-bond donors (Lipinski definition) is 0. The summed E-state index contributed by atoms with van der Waals surface area (Å²) in [5.41, 5.74) is 0. The van der Waals surface area contributed by atoms with Crippen LogP contribution in [0.3, 0.4) is 0 Å². The van der Waals surface area contributed by atoms with Crippen molar-refractivity contribution in [3.63, 3.8) is 0 Å². The molecule has 4 aliphatic rings. The van der Waals surface area contributed by atoms with Crippen LogP contribution in [0.25, 0.3) is 0 Å². The lowest BCUT2D eigenvalue weighted by atomic mass is 9.70. The van der Waals surface area contributed by atoms with Crippen LogP contribution in [0, 0.1) is 11.8 Å². The summed E-state index contributed by atoms with van der Waals surface area (Å²) in [5, 5.41) is 0. The summed E-state index contributed by atoms with van der Waals surface area (Å²) in [6.07, 6.45) is 10.5. The average molecular weight is 249 g/mol. The highest BCUT2D eigenvalue weighted by atomic mass is 15.4. The van der Waals surface area contributed by atoms with E-state index in [-0.39, 0.29) is 0 Å². The average Bonchev–Trinajstić information content (AvgIpc) is 2.38. The van der Waals surface area contributed by atoms with Crippen LogP contribution in [0.5, 0.6) is 0 Å². The molecule has 4 rings (SSSR count). The maximum absolute atomic E-state index is 2.89. The fourth-order valence-electron chi connectivity index (χ4n) is 5.99. The van der Waals surface area contributed by atoms with Gasteiger partial charge in [0.15, 0.2) is 0 Å². The largest absolute Gasteiger partial charge is 0.323 e. The molecule has 2 bridgehead atoms. The van der Waals surface area contributed by atoms with Crippen molar-refractivity contribution in [3.05, 3.63) is 0 Å². The second-order valence-electron chi connectivity index (χ2n) is 7.76. The van der Waals surface area contributed by atoms with Crippen molar-refractivity contribution >= 4 is 0 Å². The third kappa shape index (κ3) is 1.68. The van der Waals surface area contributed by atoms with Crippen LogP contribution in [0.15, 0.2) is 0 Å². The molecule has 2 heteroatoms. The van der Waals surface area contributed by atoms with Crippen molar-refractivity contribution in [1.29, 1.82) is 0 Å². The van der Waals surface area contributed by atoms with Crippen molar-refractivity contribution in [2.75, 3.05) is 33.2 Å². The van der Waals surface area contributed by atoms with E-state index in [2.05, 4.69) is 11.9 Å². The molecule has 2 nitrogen and oxygen atoms in total. The van der Waals surface area contributed by atoms with Crippen LogP contribution in [-0.4, -0.2) is 54.7 Å². The van der Waals surface area contributed by atoms with E-state index in [0.717, 1.165) is 23.9 Å². The van der Waals surface area contributed by atoms with Gasteiger partial charge in [-0.15, -0.1) is 0 Å². The predicted molar refractivity (Wildman–Crippen MR) is 74.4 cm³/mol. The van der Waals surface area contributed by atoms with Crippen LogP contribution in [0.1, 0.15) is 44.9 Å².